The lowest BCUT2D eigenvalue weighted by molar-refractivity contribution is 0.518. The summed E-state index contributed by atoms with van der Waals surface area (Å²) in [5.74, 6) is 0.819. The van der Waals surface area contributed by atoms with Gasteiger partial charge in [-0.25, -0.2) is 4.98 Å². The van der Waals surface area contributed by atoms with E-state index in [-0.39, 0.29) is 5.41 Å². The number of rotatable bonds is 7. The van der Waals surface area contributed by atoms with Crippen LogP contribution < -0.4 is 10.6 Å². The molecule has 0 unspecified atom stereocenters. The number of aromatic nitrogens is 2. The normalized spacial score (nSPS) is 12.2. The van der Waals surface area contributed by atoms with Crippen molar-refractivity contribution in [1.29, 1.82) is 0 Å². The molecule has 0 amide bonds. The first-order chi connectivity index (χ1) is 13.1. The van der Waals surface area contributed by atoms with Crippen LogP contribution in [0.3, 0.4) is 0 Å². The van der Waals surface area contributed by atoms with Crippen LogP contribution in [0.1, 0.15) is 29.9 Å². The molecule has 0 atom stereocenters. The first-order valence-electron chi connectivity index (χ1n) is 9.09. The maximum Gasteiger partial charge on any atom is 0.191 e. The first-order valence-corrected chi connectivity index (χ1v) is 9.97. The number of hydrogen-bond acceptors (Lipinski definition) is 3. The molecule has 0 saturated heterocycles. The van der Waals surface area contributed by atoms with E-state index < -0.39 is 0 Å². The van der Waals surface area contributed by atoms with Crippen molar-refractivity contribution in [1.82, 2.24) is 20.2 Å². The van der Waals surface area contributed by atoms with Gasteiger partial charge < -0.3 is 15.2 Å². The lowest BCUT2D eigenvalue weighted by Crippen LogP contribution is -2.42. The molecule has 0 fully saturated rings. The molecular weight excluding hydrogens is 354 g/mol. The average Bonchev–Trinajstić information content (AvgIpc) is 3.36. The van der Waals surface area contributed by atoms with E-state index in [2.05, 4.69) is 80.8 Å². The van der Waals surface area contributed by atoms with Crippen LogP contribution in [0.5, 0.6) is 0 Å². The van der Waals surface area contributed by atoms with Gasteiger partial charge in [0, 0.05) is 49.4 Å². The Hall–Kier alpha value is -2.60. The third-order valence-electron chi connectivity index (χ3n) is 4.49. The third-order valence-corrected chi connectivity index (χ3v) is 5.72. The van der Waals surface area contributed by atoms with Crippen molar-refractivity contribution in [2.24, 2.45) is 4.99 Å². The molecule has 2 N–H and O–H groups in total. The van der Waals surface area contributed by atoms with Crippen molar-refractivity contribution in [2.45, 2.75) is 32.4 Å². The van der Waals surface area contributed by atoms with Gasteiger partial charge in [-0.2, -0.15) is 0 Å². The number of imidazole rings is 1. The Bertz CT molecular complexity index is 851. The van der Waals surface area contributed by atoms with Gasteiger partial charge in [-0.3, -0.25) is 4.99 Å². The molecule has 0 aliphatic heterocycles. The molecule has 0 saturated carbocycles. The van der Waals surface area contributed by atoms with E-state index >= 15 is 0 Å². The second-order valence-corrected chi connectivity index (χ2v) is 8.14. The summed E-state index contributed by atoms with van der Waals surface area (Å²) in [5, 5.41) is 8.99. The number of guanidine groups is 1. The monoisotopic (exact) mass is 381 g/mol. The number of thiophene rings is 1. The highest BCUT2D eigenvalue weighted by Crippen LogP contribution is 2.26. The van der Waals surface area contributed by atoms with Crippen LogP contribution in [0.2, 0.25) is 0 Å². The quantitative estimate of drug-likeness (QED) is 0.485. The Balaban J connectivity index is 1.53. The molecule has 27 heavy (non-hydrogen) atoms. The highest BCUT2D eigenvalue weighted by Gasteiger charge is 2.21. The second kappa shape index (κ2) is 8.86. The molecule has 6 heteroatoms. The summed E-state index contributed by atoms with van der Waals surface area (Å²) in [5.41, 5.74) is 2.55. The Labute approximate surface area is 165 Å². The predicted molar refractivity (Wildman–Crippen MR) is 113 cm³/mol. The van der Waals surface area contributed by atoms with Crippen LogP contribution in [-0.2, 0) is 18.5 Å². The summed E-state index contributed by atoms with van der Waals surface area (Å²) < 4.78 is 2.07. The highest BCUT2D eigenvalue weighted by molar-refractivity contribution is 7.10. The maximum absolute atomic E-state index is 4.36. The fourth-order valence-electron chi connectivity index (χ4n) is 2.89. The van der Waals surface area contributed by atoms with Crippen molar-refractivity contribution < 1.29 is 0 Å². The van der Waals surface area contributed by atoms with Crippen molar-refractivity contribution in [3.05, 3.63) is 76.5 Å². The highest BCUT2D eigenvalue weighted by atomic mass is 32.1. The van der Waals surface area contributed by atoms with E-state index in [1.165, 1.54) is 16.0 Å². The minimum absolute atomic E-state index is 0.0660. The van der Waals surface area contributed by atoms with Gasteiger partial charge >= 0.3 is 0 Å². The largest absolute Gasteiger partial charge is 0.356 e. The number of benzene rings is 1. The van der Waals surface area contributed by atoms with E-state index in [9.17, 15) is 0 Å². The van der Waals surface area contributed by atoms with Gasteiger partial charge in [-0.1, -0.05) is 44.2 Å². The zero-order chi connectivity index (χ0) is 19.1. The van der Waals surface area contributed by atoms with Crippen LogP contribution in [0.25, 0.3) is 0 Å². The Morgan fingerprint density at radius 3 is 2.74 bits per heavy atom. The molecule has 3 aromatic rings. The van der Waals surface area contributed by atoms with E-state index in [0.717, 1.165) is 25.6 Å². The van der Waals surface area contributed by atoms with Gasteiger partial charge in [0.1, 0.15) is 0 Å². The third kappa shape index (κ3) is 5.44. The second-order valence-electron chi connectivity index (χ2n) is 7.20. The molecule has 0 bridgehead atoms. The molecule has 0 spiro atoms. The number of hydrogen-bond donors (Lipinski definition) is 2. The van der Waals surface area contributed by atoms with Crippen LogP contribution in [-0.4, -0.2) is 29.1 Å². The predicted octanol–water partition coefficient (Wildman–Crippen LogP) is 3.64. The molecular formula is C21H27N5S. The Morgan fingerprint density at radius 1 is 1.19 bits per heavy atom. The van der Waals surface area contributed by atoms with Gasteiger partial charge in [-0.05, 0) is 22.6 Å². The smallest absolute Gasteiger partial charge is 0.191 e. The minimum Gasteiger partial charge on any atom is -0.356 e. The molecule has 142 valence electrons. The van der Waals surface area contributed by atoms with E-state index in [1.807, 2.05) is 19.6 Å². The molecule has 3 rings (SSSR count). The van der Waals surface area contributed by atoms with E-state index in [1.54, 1.807) is 17.5 Å². The number of aliphatic imine (C=N–C) groups is 1. The van der Waals surface area contributed by atoms with Crippen molar-refractivity contribution in [3.63, 3.8) is 0 Å². The first kappa shape index (κ1) is 19.2. The molecule has 0 aliphatic carbocycles. The van der Waals surface area contributed by atoms with Crippen LogP contribution in [0.15, 0.2) is 65.5 Å². The fourth-order valence-corrected chi connectivity index (χ4v) is 3.74. The lowest BCUT2D eigenvalue weighted by Gasteiger charge is -2.25. The fraction of sp³-hybridized carbons (Fsp3) is 0.333. The summed E-state index contributed by atoms with van der Waals surface area (Å²) >= 11 is 1.80. The molecule has 5 nitrogen and oxygen atoms in total. The number of nitrogens with one attached hydrogen (secondary N) is 2. The summed E-state index contributed by atoms with van der Waals surface area (Å²) in [4.78, 5) is 9.83. The van der Waals surface area contributed by atoms with Gasteiger partial charge in [-0.15, -0.1) is 11.3 Å². The van der Waals surface area contributed by atoms with Gasteiger partial charge in [0.15, 0.2) is 5.96 Å². The van der Waals surface area contributed by atoms with E-state index in [0.29, 0.717) is 0 Å². The molecule has 1 aromatic carbocycles. The standard InChI is InChI=1S/C21H27N5S/c1-21(2,19-8-5-11-27-19)15-25-20(22-3)24-13-17-6-4-7-18(12-17)14-26-10-9-23-16-26/h4-12,16H,13-15H2,1-3H3,(H2,22,24,25). The number of nitrogens with zero attached hydrogens (tertiary/aromatic N) is 3. The minimum atomic E-state index is 0.0660. The zero-order valence-corrected chi connectivity index (χ0v) is 17.0. The van der Waals surface area contributed by atoms with Crippen LogP contribution >= 0.6 is 11.3 Å². The maximum atomic E-state index is 4.36. The van der Waals surface area contributed by atoms with Crippen molar-refractivity contribution in [2.75, 3.05) is 13.6 Å². The Kier molecular flexibility index (Phi) is 6.29. The SMILES string of the molecule is CN=C(NCc1cccc(Cn2ccnc2)c1)NCC(C)(C)c1cccs1. The summed E-state index contributed by atoms with van der Waals surface area (Å²) in [6.07, 6.45) is 5.62. The van der Waals surface area contributed by atoms with Gasteiger partial charge in [0.25, 0.3) is 0 Å². The van der Waals surface area contributed by atoms with Gasteiger partial charge in [0.05, 0.1) is 6.33 Å². The molecule has 2 aromatic heterocycles. The summed E-state index contributed by atoms with van der Waals surface area (Å²) in [6.45, 7) is 6.89. The van der Waals surface area contributed by atoms with Crippen molar-refractivity contribution in [3.8, 4) is 0 Å². The van der Waals surface area contributed by atoms with Crippen LogP contribution in [0.4, 0.5) is 0 Å². The lowest BCUT2D eigenvalue weighted by atomic mass is 9.91. The Morgan fingerprint density at radius 2 is 2.04 bits per heavy atom. The van der Waals surface area contributed by atoms with Crippen molar-refractivity contribution >= 4 is 17.3 Å². The average molecular weight is 382 g/mol. The summed E-state index contributed by atoms with van der Waals surface area (Å²) in [6, 6.07) is 12.9. The zero-order valence-electron chi connectivity index (χ0n) is 16.1. The van der Waals surface area contributed by atoms with E-state index in [4.69, 9.17) is 0 Å². The topological polar surface area (TPSA) is 54.2 Å². The van der Waals surface area contributed by atoms with Gasteiger partial charge in [0.2, 0.25) is 0 Å². The molecule has 0 radical (unpaired) electrons. The summed E-state index contributed by atoms with van der Waals surface area (Å²) in [7, 11) is 1.81. The molecule has 2 heterocycles. The molecule has 0 aliphatic rings. The van der Waals surface area contributed by atoms with Crippen LogP contribution in [0, 0.1) is 0 Å².